The summed E-state index contributed by atoms with van der Waals surface area (Å²) >= 11 is 1.28. The van der Waals surface area contributed by atoms with Gasteiger partial charge in [-0.15, -0.1) is 6.58 Å². The Morgan fingerprint density at radius 2 is 1.96 bits per heavy atom. The molecule has 6 heteroatoms. The van der Waals surface area contributed by atoms with Gasteiger partial charge < -0.3 is 4.74 Å². The molecule has 0 spiro atoms. The number of carbonyl (C=O) groups excluding carboxylic acids is 1. The Hall–Kier alpha value is -2.86. The summed E-state index contributed by atoms with van der Waals surface area (Å²) in [4.78, 5) is 30.3. The molecule has 0 amide bonds. The molecule has 28 heavy (non-hydrogen) atoms. The van der Waals surface area contributed by atoms with Crippen molar-refractivity contribution in [2.45, 2.75) is 30.8 Å². The van der Waals surface area contributed by atoms with Crippen LogP contribution in [0.25, 0.3) is 10.9 Å². The van der Waals surface area contributed by atoms with Crippen LogP contribution >= 0.6 is 11.8 Å². The number of rotatable bonds is 8. The van der Waals surface area contributed by atoms with Gasteiger partial charge in [-0.3, -0.25) is 14.2 Å². The van der Waals surface area contributed by atoms with Crippen molar-refractivity contribution in [3.05, 3.63) is 77.1 Å². The van der Waals surface area contributed by atoms with Gasteiger partial charge in [0.1, 0.15) is 5.75 Å². The average Bonchev–Trinajstić information content (AvgIpc) is 2.71. The fraction of sp³-hybridized carbons (Fsp3) is 0.227. The molecule has 2 aromatic carbocycles. The number of hydrogen-bond donors (Lipinski definition) is 0. The van der Waals surface area contributed by atoms with E-state index in [4.69, 9.17) is 4.74 Å². The third-order valence-corrected chi connectivity index (χ3v) is 5.33. The van der Waals surface area contributed by atoms with E-state index in [1.54, 1.807) is 47.0 Å². The van der Waals surface area contributed by atoms with Gasteiger partial charge in [-0.25, -0.2) is 4.98 Å². The molecule has 0 bridgehead atoms. The van der Waals surface area contributed by atoms with Gasteiger partial charge in [-0.05, 0) is 50.2 Å². The van der Waals surface area contributed by atoms with E-state index in [1.807, 2.05) is 26.0 Å². The van der Waals surface area contributed by atoms with Gasteiger partial charge in [-0.2, -0.15) is 0 Å². The van der Waals surface area contributed by atoms with Crippen LogP contribution in [0, 0.1) is 0 Å². The Morgan fingerprint density at radius 1 is 1.25 bits per heavy atom. The number of nitrogens with zero attached hydrogens (tertiary/aromatic N) is 2. The number of fused-ring (bicyclic) bond motifs is 1. The summed E-state index contributed by atoms with van der Waals surface area (Å²) < 4.78 is 6.98. The van der Waals surface area contributed by atoms with E-state index in [0.29, 0.717) is 34.8 Å². The number of hydrogen-bond acceptors (Lipinski definition) is 5. The first-order valence-corrected chi connectivity index (χ1v) is 9.97. The summed E-state index contributed by atoms with van der Waals surface area (Å²) in [5, 5.41) is 0.664. The Bertz CT molecular complexity index is 1060. The van der Waals surface area contributed by atoms with Gasteiger partial charge in [0.25, 0.3) is 5.56 Å². The van der Waals surface area contributed by atoms with Gasteiger partial charge in [0.05, 0.1) is 22.8 Å². The van der Waals surface area contributed by atoms with Crippen LogP contribution in [-0.4, -0.2) is 27.2 Å². The maximum Gasteiger partial charge on any atom is 0.262 e. The lowest BCUT2D eigenvalue weighted by molar-refractivity contribution is 0.0994. The molecule has 0 N–H and O–H groups in total. The van der Waals surface area contributed by atoms with E-state index >= 15 is 0 Å². The predicted octanol–water partition coefficient (Wildman–Crippen LogP) is 4.34. The quantitative estimate of drug-likeness (QED) is 0.246. The molecule has 3 rings (SSSR count). The molecule has 3 aromatic rings. The van der Waals surface area contributed by atoms with E-state index in [2.05, 4.69) is 11.6 Å². The van der Waals surface area contributed by atoms with Gasteiger partial charge in [0.2, 0.25) is 0 Å². The maximum atomic E-state index is 12.8. The van der Waals surface area contributed by atoms with Crippen molar-refractivity contribution in [3.8, 4) is 5.75 Å². The second-order valence-corrected chi connectivity index (χ2v) is 7.51. The first-order valence-electron chi connectivity index (χ1n) is 9.09. The zero-order valence-corrected chi connectivity index (χ0v) is 16.7. The van der Waals surface area contributed by atoms with Crippen molar-refractivity contribution in [1.82, 2.24) is 9.55 Å². The summed E-state index contributed by atoms with van der Waals surface area (Å²) in [6.07, 6.45) is 1.65. The molecule has 0 saturated heterocycles. The minimum atomic E-state index is -0.401. The molecule has 5 nitrogen and oxygen atoms in total. The van der Waals surface area contributed by atoms with Crippen LogP contribution in [-0.2, 0) is 6.54 Å². The molecule has 0 aliphatic heterocycles. The number of carbonyl (C=O) groups is 1. The largest absolute Gasteiger partial charge is 0.494 e. The van der Waals surface area contributed by atoms with Crippen LogP contribution in [0.3, 0.4) is 0 Å². The molecule has 144 valence electrons. The predicted molar refractivity (Wildman–Crippen MR) is 113 cm³/mol. The van der Waals surface area contributed by atoms with Crippen LogP contribution in [0.15, 0.2) is 71.1 Å². The molecule has 0 aliphatic carbocycles. The van der Waals surface area contributed by atoms with E-state index < -0.39 is 5.25 Å². The number of allylic oxidation sites excluding steroid dienone is 1. The first-order chi connectivity index (χ1) is 13.5. The second kappa shape index (κ2) is 8.89. The van der Waals surface area contributed by atoms with Gasteiger partial charge in [-0.1, -0.05) is 30.0 Å². The number of ketones is 1. The number of benzene rings is 2. The van der Waals surface area contributed by atoms with Crippen molar-refractivity contribution in [2.24, 2.45) is 0 Å². The van der Waals surface area contributed by atoms with E-state index in [-0.39, 0.29) is 11.3 Å². The van der Waals surface area contributed by atoms with Crippen LogP contribution in [0.4, 0.5) is 0 Å². The number of ether oxygens (including phenoxy) is 1. The van der Waals surface area contributed by atoms with Crippen molar-refractivity contribution in [3.63, 3.8) is 0 Å². The molecule has 0 unspecified atom stereocenters. The zero-order valence-electron chi connectivity index (χ0n) is 15.9. The number of Topliss-reactive ketones (excluding diaryl/α,β-unsaturated/α-hetero) is 1. The summed E-state index contributed by atoms with van der Waals surface area (Å²) in [7, 11) is 0. The summed E-state index contributed by atoms with van der Waals surface area (Å²) in [5.74, 6) is 0.705. The molecule has 1 atom stereocenters. The number of aromatic nitrogens is 2. The van der Waals surface area contributed by atoms with Crippen molar-refractivity contribution >= 4 is 28.4 Å². The van der Waals surface area contributed by atoms with Crippen molar-refractivity contribution in [1.29, 1.82) is 0 Å². The highest BCUT2D eigenvalue weighted by Crippen LogP contribution is 2.25. The highest BCUT2D eigenvalue weighted by atomic mass is 32.2. The molecule has 1 heterocycles. The zero-order chi connectivity index (χ0) is 20.1. The molecule has 0 fully saturated rings. The third kappa shape index (κ3) is 4.17. The second-order valence-electron chi connectivity index (χ2n) is 6.20. The SMILES string of the molecule is C=CCn1c(S[C@@H](C)C(=O)c2ccc(OCC)cc2)nc2ccccc2c1=O. The van der Waals surface area contributed by atoms with E-state index in [0.717, 1.165) is 5.75 Å². The van der Waals surface area contributed by atoms with Crippen LogP contribution in [0.5, 0.6) is 5.75 Å². The van der Waals surface area contributed by atoms with E-state index in [9.17, 15) is 9.59 Å². The summed E-state index contributed by atoms with van der Waals surface area (Å²) in [6, 6.07) is 14.3. The van der Waals surface area contributed by atoms with Gasteiger partial charge in [0, 0.05) is 12.1 Å². The monoisotopic (exact) mass is 394 g/mol. The Morgan fingerprint density at radius 3 is 2.64 bits per heavy atom. The molecule has 1 aromatic heterocycles. The van der Waals surface area contributed by atoms with Gasteiger partial charge >= 0.3 is 0 Å². The summed E-state index contributed by atoms with van der Waals surface area (Å²) in [5.41, 5.74) is 1.09. The molecule has 0 saturated carbocycles. The third-order valence-electron chi connectivity index (χ3n) is 4.24. The Balaban J connectivity index is 1.90. The molecule has 0 radical (unpaired) electrons. The lowest BCUT2D eigenvalue weighted by Gasteiger charge is -2.15. The fourth-order valence-corrected chi connectivity index (χ4v) is 3.85. The topological polar surface area (TPSA) is 61.2 Å². The average molecular weight is 394 g/mol. The molecular weight excluding hydrogens is 372 g/mol. The first kappa shape index (κ1) is 19.9. The van der Waals surface area contributed by atoms with Crippen molar-refractivity contribution in [2.75, 3.05) is 6.61 Å². The highest BCUT2D eigenvalue weighted by Gasteiger charge is 2.20. The maximum absolute atomic E-state index is 12.8. The van der Waals surface area contributed by atoms with Crippen LogP contribution in [0.2, 0.25) is 0 Å². The van der Waals surface area contributed by atoms with Crippen LogP contribution < -0.4 is 10.3 Å². The molecular formula is C22H22N2O3S. The minimum Gasteiger partial charge on any atom is -0.494 e. The summed E-state index contributed by atoms with van der Waals surface area (Å²) in [6.45, 7) is 8.38. The normalized spacial score (nSPS) is 11.9. The number of thioether (sulfide) groups is 1. The molecule has 0 aliphatic rings. The highest BCUT2D eigenvalue weighted by molar-refractivity contribution is 8.00. The number of para-hydroxylation sites is 1. The lowest BCUT2D eigenvalue weighted by atomic mass is 10.1. The minimum absolute atomic E-state index is 0.0272. The van der Waals surface area contributed by atoms with Crippen molar-refractivity contribution < 1.29 is 9.53 Å². The van der Waals surface area contributed by atoms with E-state index in [1.165, 1.54) is 11.8 Å². The van der Waals surface area contributed by atoms with Gasteiger partial charge in [0.15, 0.2) is 10.9 Å². The Kier molecular flexibility index (Phi) is 6.31. The fourth-order valence-electron chi connectivity index (χ4n) is 2.86. The Labute approximate surface area is 168 Å². The standard InChI is InChI=1S/C22H22N2O3S/c1-4-14-24-21(26)18-8-6-7-9-19(18)23-22(24)28-15(3)20(25)16-10-12-17(13-11-16)27-5-2/h4,6-13,15H,1,5,14H2,2-3H3/t15-/m0/s1. The van der Waals surface area contributed by atoms with Crippen LogP contribution in [0.1, 0.15) is 24.2 Å². The smallest absolute Gasteiger partial charge is 0.262 e. The lowest BCUT2D eigenvalue weighted by Crippen LogP contribution is -2.24.